The van der Waals surface area contributed by atoms with Crippen molar-refractivity contribution in [3.8, 4) is 0 Å². The summed E-state index contributed by atoms with van der Waals surface area (Å²) >= 11 is 0. The van der Waals surface area contributed by atoms with E-state index in [0.717, 1.165) is 23.0 Å². The SMILES string of the molecule is CN(c1ccccc1Nc1nc(Nc2ccc(C(=O)NCCCCCCC(=O)NO)cc2F)ncc1C(F)(F)F)S(C)(=O)=O. The number of sulfonamides is 1. The van der Waals surface area contributed by atoms with Crippen LogP contribution >= 0.6 is 0 Å². The Morgan fingerprint density at radius 1 is 1.00 bits per heavy atom. The number of nitrogens with zero attached hydrogens (tertiary/aromatic N) is 3. The Balaban J connectivity index is 1.72. The van der Waals surface area contributed by atoms with Gasteiger partial charge in [0.25, 0.3) is 5.91 Å². The fourth-order valence-corrected chi connectivity index (χ4v) is 4.42. The molecule has 1 heterocycles. The van der Waals surface area contributed by atoms with Gasteiger partial charge in [0.05, 0.1) is 23.3 Å². The molecule has 0 spiro atoms. The summed E-state index contributed by atoms with van der Waals surface area (Å²) in [6.07, 6.45) is -0.620. The second-order valence-electron chi connectivity index (χ2n) is 9.60. The van der Waals surface area contributed by atoms with Gasteiger partial charge in [0.2, 0.25) is 21.9 Å². The predicted octanol–water partition coefficient (Wildman–Crippen LogP) is 4.70. The van der Waals surface area contributed by atoms with Crippen molar-refractivity contribution in [3.63, 3.8) is 0 Å². The summed E-state index contributed by atoms with van der Waals surface area (Å²) in [4.78, 5) is 30.9. The Hall–Kier alpha value is -4.51. The number of hydrogen-bond acceptors (Lipinski definition) is 9. The molecule has 238 valence electrons. The Kier molecular flexibility index (Phi) is 11.4. The molecular weight excluding hydrogens is 610 g/mol. The molecule has 0 unspecified atom stereocenters. The number of para-hydroxylation sites is 2. The maximum atomic E-state index is 14.9. The van der Waals surface area contributed by atoms with Crippen molar-refractivity contribution < 1.29 is 40.8 Å². The van der Waals surface area contributed by atoms with Gasteiger partial charge in [-0.1, -0.05) is 25.0 Å². The lowest BCUT2D eigenvalue weighted by molar-refractivity contribution is -0.137. The number of unbranched alkanes of at least 4 members (excludes halogenated alkanes) is 3. The van der Waals surface area contributed by atoms with E-state index in [1.165, 1.54) is 43.4 Å². The van der Waals surface area contributed by atoms with E-state index in [-0.39, 0.29) is 29.0 Å². The average molecular weight is 642 g/mol. The van der Waals surface area contributed by atoms with Crippen molar-refractivity contribution >= 4 is 50.7 Å². The van der Waals surface area contributed by atoms with Crippen molar-refractivity contribution in [2.75, 3.05) is 34.8 Å². The highest BCUT2D eigenvalue weighted by Crippen LogP contribution is 2.37. The van der Waals surface area contributed by atoms with Gasteiger partial charge in [-0.3, -0.25) is 19.1 Å². The minimum atomic E-state index is -4.88. The quantitative estimate of drug-likeness (QED) is 0.0726. The largest absolute Gasteiger partial charge is 0.421 e. The standard InChI is InChI=1S/C27H31F4N7O5S/c1-38(44(2,42)43)22-10-7-6-9-21(22)34-24-18(27(29,30)31)16-33-26(36-24)35-20-13-12-17(15-19(20)28)25(40)32-14-8-4-3-5-11-23(39)37-41/h6-7,9-10,12-13,15-16,41H,3-5,8,11,14H2,1-2H3,(H,32,40)(H,37,39)(H2,33,34,35,36). The van der Waals surface area contributed by atoms with E-state index in [9.17, 15) is 35.6 Å². The van der Waals surface area contributed by atoms with Crippen molar-refractivity contribution in [1.29, 1.82) is 0 Å². The summed E-state index contributed by atoms with van der Waals surface area (Å²) < 4.78 is 81.2. The number of anilines is 5. The van der Waals surface area contributed by atoms with E-state index in [1.54, 1.807) is 5.48 Å². The summed E-state index contributed by atoms with van der Waals surface area (Å²) in [5, 5.41) is 16.1. The highest BCUT2D eigenvalue weighted by atomic mass is 32.2. The number of benzene rings is 2. The van der Waals surface area contributed by atoms with Gasteiger partial charge in [-0.05, 0) is 43.2 Å². The molecule has 0 fully saturated rings. The maximum absolute atomic E-state index is 14.9. The highest BCUT2D eigenvalue weighted by Gasteiger charge is 2.36. The molecular formula is C27H31F4N7O5S. The van der Waals surface area contributed by atoms with Crippen LogP contribution in [0.15, 0.2) is 48.7 Å². The molecule has 3 aromatic rings. The van der Waals surface area contributed by atoms with E-state index in [4.69, 9.17) is 5.21 Å². The van der Waals surface area contributed by atoms with Crippen molar-refractivity contribution in [2.24, 2.45) is 0 Å². The summed E-state index contributed by atoms with van der Waals surface area (Å²) in [5.74, 6) is -3.01. The fourth-order valence-electron chi connectivity index (χ4n) is 3.91. The topological polar surface area (TPSA) is 166 Å². The van der Waals surface area contributed by atoms with Gasteiger partial charge < -0.3 is 16.0 Å². The van der Waals surface area contributed by atoms with Crippen LogP contribution in [-0.4, -0.2) is 55.3 Å². The van der Waals surface area contributed by atoms with E-state index < -0.39 is 51.2 Å². The Morgan fingerprint density at radius 2 is 1.70 bits per heavy atom. The summed E-state index contributed by atoms with van der Waals surface area (Å²) in [7, 11) is -2.51. The number of aromatic nitrogens is 2. The molecule has 2 aromatic carbocycles. The van der Waals surface area contributed by atoms with Crippen LogP contribution in [0.3, 0.4) is 0 Å². The van der Waals surface area contributed by atoms with Gasteiger partial charge in [0, 0.05) is 31.8 Å². The smallest absolute Gasteiger partial charge is 0.352 e. The zero-order chi connectivity index (χ0) is 32.5. The minimum Gasteiger partial charge on any atom is -0.352 e. The van der Waals surface area contributed by atoms with Crippen molar-refractivity contribution in [3.05, 3.63) is 65.6 Å². The average Bonchev–Trinajstić information content (AvgIpc) is 2.96. The first-order valence-electron chi connectivity index (χ1n) is 13.2. The van der Waals surface area contributed by atoms with Crippen molar-refractivity contribution in [2.45, 2.75) is 38.3 Å². The maximum Gasteiger partial charge on any atom is 0.421 e. The lowest BCUT2D eigenvalue weighted by Gasteiger charge is -2.22. The number of hydrogen-bond donors (Lipinski definition) is 5. The lowest BCUT2D eigenvalue weighted by Crippen LogP contribution is -2.25. The van der Waals surface area contributed by atoms with Gasteiger partial charge in [0.15, 0.2) is 0 Å². The third-order valence-electron chi connectivity index (χ3n) is 6.31. The van der Waals surface area contributed by atoms with Gasteiger partial charge in [-0.25, -0.2) is 23.3 Å². The van der Waals surface area contributed by atoms with Gasteiger partial charge in [0.1, 0.15) is 17.2 Å². The first-order chi connectivity index (χ1) is 20.7. The number of nitrogens with one attached hydrogen (secondary N) is 4. The number of rotatable bonds is 14. The molecule has 5 N–H and O–H groups in total. The van der Waals surface area contributed by atoms with Crippen molar-refractivity contribution in [1.82, 2.24) is 20.8 Å². The number of halogens is 4. The molecule has 0 aliphatic heterocycles. The normalized spacial score (nSPS) is 11.5. The highest BCUT2D eigenvalue weighted by molar-refractivity contribution is 7.92. The number of amides is 2. The van der Waals surface area contributed by atoms with Gasteiger partial charge in [-0.15, -0.1) is 0 Å². The molecule has 0 radical (unpaired) electrons. The predicted molar refractivity (Wildman–Crippen MR) is 155 cm³/mol. The summed E-state index contributed by atoms with van der Waals surface area (Å²) in [5.41, 5.74) is 0.165. The third kappa shape index (κ3) is 9.50. The van der Waals surface area contributed by atoms with Crippen LogP contribution in [0.1, 0.15) is 48.0 Å². The molecule has 17 heteroatoms. The zero-order valence-electron chi connectivity index (χ0n) is 23.7. The Bertz CT molecular complexity index is 1590. The Morgan fingerprint density at radius 3 is 2.36 bits per heavy atom. The van der Waals surface area contributed by atoms with Crippen LogP contribution in [0.25, 0.3) is 0 Å². The summed E-state index contributed by atoms with van der Waals surface area (Å²) in [6, 6.07) is 9.24. The monoisotopic (exact) mass is 641 g/mol. The van der Waals surface area contributed by atoms with Crippen LogP contribution < -0.4 is 25.7 Å². The van der Waals surface area contributed by atoms with Crippen LogP contribution in [0.4, 0.5) is 46.4 Å². The molecule has 0 aliphatic carbocycles. The molecule has 3 rings (SSSR count). The van der Waals surface area contributed by atoms with E-state index in [1.807, 2.05) is 0 Å². The number of hydroxylamine groups is 1. The number of alkyl halides is 3. The lowest BCUT2D eigenvalue weighted by atomic mass is 10.1. The number of carbonyl (C=O) groups is 2. The van der Waals surface area contributed by atoms with Crippen LogP contribution in [0, 0.1) is 5.82 Å². The second-order valence-corrected chi connectivity index (χ2v) is 11.6. The third-order valence-corrected chi connectivity index (χ3v) is 7.50. The molecule has 1 aromatic heterocycles. The van der Waals surface area contributed by atoms with Crippen LogP contribution in [0.2, 0.25) is 0 Å². The number of carbonyl (C=O) groups excluding carboxylic acids is 2. The summed E-state index contributed by atoms with van der Waals surface area (Å²) in [6.45, 7) is 0.310. The Labute approximate surface area is 250 Å². The van der Waals surface area contributed by atoms with Gasteiger partial charge in [-0.2, -0.15) is 18.2 Å². The van der Waals surface area contributed by atoms with Crippen LogP contribution in [-0.2, 0) is 21.0 Å². The molecule has 12 nitrogen and oxygen atoms in total. The minimum absolute atomic E-state index is 0.00576. The van der Waals surface area contributed by atoms with Crippen LogP contribution in [0.5, 0.6) is 0 Å². The van der Waals surface area contributed by atoms with E-state index >= 15 is 0 Å². The second kappa shape index (κ2) is 14.8. The molecule has 0 aliphatic rings. The van der Waals surface area contributed by atoms with Gasteiger partial charge >= 0.3 is 6.18 Å². The molecule has 2 amide bonds. The first-order valence-corrected chi connectivity index (χ1v) is 15.1. The fraction of sp³-hybridized carbons (Fsp3) is 0.333. The molecule has 44 heavy (non-hydrogen) atoms. The molecule has 0 atom stereocenters. The van der Waals surface area contributed by atoms with E-state index in [0.29, 0.717) is 32.0 Å². The zero-order valence-corrected chi connectivity index (χ0v) is 24.5. The van der Waals surface area contributed by atoms with E-state index in [2.05, 4.69) is 25.9 Å². The first kappa shape index (κ1) is 34.0. The molecule has 0 bridgehead atoms. The molecule has 0 saturated carbocycles. The molecule has 0 saturated heterocycles.